The number of aromatic carboxylic acids is 1. The topological polar surface area (TPSA) is 67.5 Å². The molecule has 0 spiro atoms. The summed E-state index contributed by atoms with van der Waals surface area (Å²) in [5.74, 6) is -0.376. The van der Waals surface area contributed by atoms with Crippen molar-refractivity contribution in [2.75, 3.05) is 0 Å². The number of hydrogen-bond donors (Lipinski definition) is 1. The molecule has 0 saturated carbocycles. The van der Waals surface area contributed by atoms with E-state index >= 15 is 0 Å². The monoisotopic (exact) mass is 401 g/mol. The van der Waals surface area contributed by atoms with Crippen molar-refractivity contribution in [1.29, 1.82) is 0 Å². The molecule has 0 bridgehead atoms. The van der Waals surface area contributed by atoms with E-state index in [0.717, 1.165) is 13.1 Å². The summed E-state index contributed by atoms with van der Waals surface area (Å²) >= 11 is 8.39. The second-order valence-corrected chi connectivity index (χ2v) is 7.46. The Hall–Kier alpha value is -1.25. The third-order valence-corrected chi connectivity index (χ3v) is 4.89. The molecule has 0 aliphatic rings. The van der Waals surface area contributed by atoms with Crippen molar-refractivity contribution in [3.63, 3.8) is 0 Å². The molecular formula is C11H5Br2N3O2S. The van der Waals surface area contributed by atoms with Gasteiger partial charge in [0.2, 0.25) is 0 Å². The number of thiophene rings is 1. The minimum absolute atomic E-state index is 0.193. The van der Waals surface area contributed by atoms with Crippen LogP contribution in [0.1, 0.15) is 10.4 Å². The third kappa shape index (κ3) is 2.19. The fourth-order valence-corrected chi connectivity index (χ4v) is 4.48. The van der Waals surface area contributed by atoms with Gasteiger partial charge in [-0.15, -0.1) is 21.5 Å². The van der Waals surface area contributed by atoms with Crippen LogP contribution >= 0.6 is 43.2 Å². The van der Waals surface area contributed by atoms with Crippen molar-refractivity contribution in [3.05, 3.63) is 37.5 Å². The van der Waals surface area contributed by atoms with Gasteiger partial charge in [0, 0.05) is 11.8 Å². The molecule has 0 amide bonds. The van der Waals surface area contributed by atoms with Crippen LogP contribution in [-0.2, 0) is 0 Å². The van der Waals surface area contributed by atoms with Gasteiger partial charge in [0.1, 0.15) is 0 Å². The molecule has 19 heavy (non-hydrogen) atoms. The van der Waals surface area contributed by atoms with Crippen molar-refractivity contribution in [2.24, 2.45) is 0 Å². The first-order chi connectivity index (χ1) is 9.06. The van der Waals surface area contributed by atoms with E-state index in [9.17, 15) is 4.79 Å². The van der Waals surface area contributed by atoms with Gasteiger partial charge in [-0.3, -0.25) is 4.40 Å². The molecule has 0 fully saturated rings. The molecule has 0 atom stereocenters. The Morgan fingerprint density at radius 1 is 1.32 bits per heavy atom. The zero-order valence-corrected chi connectivity index (χ0v) is 13.2. The fraction of sp³-hybridized carbons (Fsp3) is 0. The lowest BCUT2D eigenvalue weighted by Gasteiger charge is -2.00. The average Bonchev–Trinajstić information content (AvgIpc) is 2.91. The first-order valence-electron chi connectivity index (χ1n) is 5.09. The van der Waals surface area contributed by atoms with Gasteiger partial charge in [0.25, 0.3) is 0 Å². The lowest BCUT2D eigenvalue weighted by molar-refractivity contribution is 0.0696. The van der Waals surface area contributed by atoms with E-state index < -0.39 is 5.97 Å². The predicted octanol–water partition coefficient (Wildman–Crippen LogP) is 3.68. The molecule has 96 valence electrons. The highest BCUT2D eigenvalue weighted by molar-refractivity contribution is 9.12. The summed E-state index contributed by atoms with van der Waals surface area (Å²) in [6.07, 6.45) is 1.52. The molecule has 3 aromatic heterocycles. The second kappa shape index (κ2) is 4.69. The molecule has 0 aliphatic heterocycles. The molecule has 0 unspecified atom stereocenters. The molecule has 0 aliphatic carbocycles. The molecule has 3 heterocycles. The summed E-state index contributed by atoms with van der Waals surface area (Å²) in [6.45, 7) is 0. The normalized spacial score (nSPS) is 11.1. The quantitative estimate of drug-likeness (QED) is 0.709. The van der Waals surface area contributed by atoms with Crippen LogP contribution in [0.2, 0.25) is 0 Å². The Kier molecular flexibility index (Phi) is 3.15. The Labute approximate surface area is 128 Å². The van der Waals surface area contributed by atoms with Gasteiger partial charge < -0.3 is 5.11 Å². The number of halogens is 2. The van der Waals surface area contributed by atoms with Crippen LogP contribution in [0.15, 0.2) is 32.0 Å². The van der Waals surface area contributed by atoms with Crippen molar-refractivity contribution in [1.82, 2.24) is 14.6 Å². The predicted molar refractivity (Wildman–Crippen MR) is 78.7 cm³/mol. The summed E-state index contributed by atoms with van der Waals surface area (Å²) in [6, 6.07) is 5.06. The van der Waals surface area contributed by atoms with E-state index in [1.54, 1.807) is 10.5 Å². The van der Waals surface area contributed by atoms with E-state index in [2.05, 4.69) is 42.1 Å². The zero-order chi connectivity index (χ0) is 13.6. The molecule has 0 saturated heterocycles. The molecule has 1 N–H and O–H groups in total. The van der Waals surface area contributed by atoms with Crippen molar-refractivity contribution < 1.29 is 9.90 Å². The molecular weight excluding hydrogens is 398 g/mol. The summed E-state index contributed by atoms with van der Waals surface area (Å²) in [4.78, 5) is 11.0. The van der Waals surface area contributed by atoms with Gasteiger partial charge in [0.05, 0.1) is 13.1 Å². The van der Waals surface area contributed by atoms with Gasteiger partial charge in [-0.1, -0.05) is 0 Å². The number of carbonyl (C=O) groups is 1. The maximum atomic E-state index is 11.0. The molecule has 0 aromatic carbocycles. The maximum absolute atomic E-state index is 11.0. The number of fused-ring (bicyclic) bond motifs is 1. The summed E-state index contributed by atoms with van der Waals surface area (Å²) in [5.41, 5.74) is 1.67. The molecule has 3 rings (SSSR count). The largest absolute Gasteiger partial charge is 0.478 e. The number of pyridine rings is 1. The Balaban J connectivity index is 2.27. The third-order valence-electron chi connectivity index (χ3n) is 2.55. The SMILES string of the molecule is O=C(O)c1ccc2nnc(-c3cc(Br)sc3Br)n2c1. The highest BCUT2D eigenvalue weighted by Gasteiger charge is 2.15. The zero-order valence-electron chi connectivity index (χ0n) is 9.17. The lowest BCUT2D eigenvalue weighted by Crippen LogP contribution is -1.99. The second-order valence-electron chi connectivity index (χ2n) is 3.71. The fourth-order valence-electron chi connectivity index (χ4n) is 1.69. The van der Waals surface area contributed by atoms with Crippen LogP contribution in [0.5, 0.6) is 0 Å². The van der Waals surface area contributed by atoms with E-state index in [1.807, 2.05) is 6.07 Å². The van der Waals surface area contributed by atoms with E-state index in [1.165, 1.54) is 23.6 Å². The lowest BCUT2D eigenvalue weighted by atomic mass is 10.2. The van der Waals surface area contributed by atoms with Gasteiger partial charge in [0.15, 0.2) is 11.5 Å². The van der Waals surface area contributed by atoms with Crippen molar-refractivity contribution in [3.8, 4) is 11.4 Å². The number of nitrogens with zero attached hydrogens (tertiary/aromatic N) is 3. The number of carboxylic acids is 1. The van der Waals surface area contributed by atoms with Crippen LogP contribution in [-0.4, -0.2) is 25.7 Å². The summed E-state index contributed by atoms with van der Waals surface area (Å²) in [5, 5.41) is 17.2. The Morgan fingerprint density at radius 2 is 2.11 bits per heavy atom. The van der Waals surface area contributed by atoms with Gasteiger partial charge in [-0.2, -0.15) is 0 Å². The molecule has 5 nitrogen and oxygen atoms in total. The first kappa shape index (κ1) is 12.8. The summed E-state index contributed by atoms with van der Waals surface area (Å²) in [7, 11) is 0. The standard InChI is InChI=1S/C11H5Br2N3O2S/c12-7-3-6(9(13)19-7)10-15-14-8-2-1-5(11(17)18)4-16(8)10/h1-4H,(H,17,18). The number of aromatic nitrogens is 3. The van der Waals surface area contributed by atoms with Crippen LogP contribution in [0.4, 0.5) is 0 Å². The number of hydrogen-bond acceptors (Lipinski definition) is 4. The van der Waals surface area contributed by atoms with Gasteiger partial charge in [-0.05, 0) is 50.1 Å². The van der Waals surface area contributed by atoms with Crippen LogP contribution in [0.25, 0.3) is 17.0 Å². The molecule has 8 heteroatoms. The average molecular weight is 403 g/mol. The Bertz CT molecular complexity index is 796. The van der Waals surface area contributed by atoms with Crippen molar-refractivity contribution in [2.45, 2.75) is 0 Å². The number of rotatable bonds is 2. The van der Waals surface area contributed by atoms with Crippen LogP contribution in [0, 0.1) is 0 Å². The molecule has 0 radical (unpaired) electrons. The van der Waals surface area contributed by atoms with E-state index in [4.69, 9.17) is 5.11 Å². The maximum Gasteiger partial charge on any atom is 0.337 e. The van der Waals surface area contributed by atoms with E-state index in [0.29, 0.717) is 11.5 Å². The minimum Gasteiger partial charge on any atom is -0.478 e. The van der Waals surface area contributed by atoms with Crippen molar-refractivity contribution >= 4 is 54.8 Å². The summed E-state index contributed by atoms with van der Waals surface area (Å²) < 4.78 is 3.54. The highest BCUT2D eigenvalue weighted by Crippen LogP contribution is 2.37. The van der Waals surface area contributed by atoms with E-state index in [-0.39, 0.29) is 5.56 Å². The van der Waals surface area contributed by atoms with Crippen LogP contribution in [0.3, 0.4) is 0 Å². The number of carboxylic acid groups (broad SMARTS) is 1. The van der Waals surface area contributed by atoms with Gasteiger partial charge in [-0.25, -0.2) is 4.79 Å². The smallest absolute Gasteiger partial charge is 0.337 e. The highest BCUT2D eigenvalue weighted by atomic mass is 79.9. The van der Waals surface area contributed by atoms with Crippen LogP contribution < -0.4 is 0 Å². The first-order valence-corrected chi connectivity index (χ1v) is 7.50. The Morgan fingerprint density at radius 3 is 2.74 bits per heavy atom. The minimum atomic E-state index is -0.980. The van der Waals surface area contributed by atoms with Gasteiger partial charge >= 0.3 is 5.97 Å². The molecule has 3 aromatic rings.